The maximum atomic E-state index is 6.05. The molecule has 0 saturated carbocycles. The lowest BCUT2D eigenvalue weighted by Gasteiger charge is -2.19. The highest BCUT2D eigenvalue weighted by molar-refractivity contribution is 9.10. The van der Waals surface area contributed by atoms with E-state index in [9.17, 15) is 0 Å². The third-order valence-electron chi connectivity index (χ3n) is 4.34. The van der Waals surface area contributed by atoms with Crippen LogP contribution in [-0.2, 0) is 13.2 Å². The van der Waals surface area contributed by atoms with E-state index >= 15 is 0 Å². The van der Waals surface area contributed by atoms with Gasteiger partial charge in [0.25, 0.3) is 0 Å². The van der Waals surface area contributed by atoms with E-state index in [1.165, 1.54) is 0 Å². The van der Waals surface area contributed by atoms with Crippen molar-refractivity contribution in [3.8, 4) is 23.0 Å². The number of halogens is 3. The van der Waals surface area contributed by atoms with E-state index in [0.29, 0.717) is 31.3 Å². The average molecular weight is 524 g/mol. The number of ether oxygens (including phenoxy) is 4. The van der Waals surface area contributed by atoms with Crippen molar-refractivity contribution in [2.45, 2.75) is 13.2 Å². The highest BCUT2D eigenvalue weighted by atomic mass is 79.9. The van der Waals surface area contributed by atoms with Crippen LogP contribution in [0.15, 0.2) is 34.8 Å². The SMILES string of the molecule is COc1cc(CNCCN(C)C)cc(Br)c1OCc1ccc2c(c1)OCCO2.Cl.Cl. The second-order valence-electron chi connectivity index (χ2n) is 6.86. The van der Waals surface area contributed by atoms with Crippen LogP contribution >= 0.6 is 40.7 Å². The molecule has 0 atom stereocenters. The van der Waals surface area contributed by atoms with Crippen molar-refractivity contribution in [2.75, 3.05) is 47.5 Å². The fourth-order valence-corrected chi connectivity index (χ4v) is 3.49. The third-order valence-corrected chi connectivity index (χ3v) is 4.93. The molecular formula is C21H29BrCl2N2O4. The summed E-state index contributed by atoms with van der Waals surface area (Å²) in [5.74, 6) is 2.93. The van der Waals surface area contributed by atoms with Crippen LogP contribution in [0.2, 0.25) is 0 Å². The third kappa shape index (κ3) is 7.39. The van der Waals surface area contributed by atoms with Crippen molar-refractivity contribution in [1.82, 2.24) is 10.2 Å². The van der Waals surface area contributed by atoms with Crippen LogP contribution in [0.3, 0.4) is 0 Å². The summed E-state index contributed by atoms with van der Waals surface area (Å²) in [5, 5.41) is 3.43. The lowest BCUT2D eigenvalue weighted by Crippen LogP contribution is -2.26. The van der Waals surface area contributed by atoms with Crippen LogP contribution in [0.4, 0.5) is 0 Å². The van der Waals surface area contributed by atoms with Gasteiger partial charge in [0.2, 0.25) is 0 Å². The van der Waals surface area contributed by atoms with Gasteiger partial charge in [0.05, 0.1) is 11.6 Å². The predicted molar refractivity (Wildman–Crippen MR) is 127 cm³/mol. The summed E-state index contributed by atoms with van der Waals surface area (Å²) in [6.45, 7) is 4.26. The minimum atomic E-state index is 0. The molecule has 1 aliphatic heterocycles. The molecule has 0 unspecified atom stereocenters. The largest absolute Gasteiger partial charge is 0.493 e. The predicted octanol–water partition coefficient (Wildman–Crippen LogP) is 4.30. The van der Waals surface area contributed by atoms with Crippen LogP contribution in [0, 0.1) is 0 Å². The Morgan fingerprint density at radius 2 is 1.77 bits per heavy atom. The van der Waals surface area contributed by atoms with E-state index in [1.54, 1.807) is 7.11 Å². The van der Waals surface area contributed by atoms with Gasteiger partial charge in [0, 0.05) is 19.6 Å². The molecule has 2 aromatic carbocycles. The Labute approximate surface area is 199 Å². The molecule has 0 bridgehead atoms. The molecular weight excluding hydrogens is 495 g/mol. The van der Waals surface area contributed by atoms with Gasteiger partial charge in [-0.1, -0.05) is 6.07 Å². The van der Waals surface area contributed by atoms with Gasteiger partial charge in [0.1, 0.15) is 19.8 Å². The molecule has 0 aromatic heterocycles. The van der Waals surface area contributed by atoms with Crippen molar-refractivity contribution in [1.29, 1.82) is 0 Å². The number of hydrogen-bond donors (Lipinski definition) is 1. The average Bonchev–Trinajstić information content (AvgIpc) is 2.69. The highest BCUT2D eigenvalue weighted by Gasteiger charge is 2.15. The summed E-state index contributed by atoms with van der Waals surface area (Å²) in [6, 6.07) is 9.92. The molecule has 0 amide bonds. The minimum absolute atomic E-state index is 0. The van der Waals surface area contributed by atoms with Crippen molar-refractivity contribution >= 4 is 40.7 Å². The van der Waals surface area contributed by atoms with Crippen molar-refractivity contribution in [2.24, 2.45) is 0 Å². The molecule has 6 nitrogen and oxygen atoms in total. The van der Waals surface area contributed by atoms with E-state index in [-0.39, 0.29) is 24.8 Å². The zero-order chi connectivity index (χ0) is 19.9. The van der Waals surface area contributed by atoms with Crippen LogP contribution in [0.5, 0.6) is 23.0 Å². The normalized spacial score (nSPS) is 12.0. The Balaban J connectivity index is 0.00000225. The van der Waals surface area contributed by atoms with Gasteiger partial charge in [-0.25, -0.2) is 0 Å². The summed E-state index contributed by atoms with van der Waals surface area (Å²) in [5.41, 5.74) is 2.14. The van der Waals surface area contributed by atoms with Crippen molar-refractivity contribution in [3.63, 3.8) is 0 Å². The van der Waals surface area contributed by atoms with Crippen molar-refractivity contribution < 1.29 is 18.9 Å². The van der Waals surface area contributed by atoms with E-state index < -0.39 is 0 Å². The molecule has 9 heteroatoms. The van der Waals surface area contributed by atoms with Crippen molar-refractivity contribution in [3.05, 3.63) is 45.9 Å². The van der Waals surface area contributed by atoms with Gasteiger partial charge in [-0.2, -0.15) is 0 Å². The van der Waals surface area contributed by atoms with E-state index in [0.717, 1.165) is 46.7 Å². The summed E-state index contributed by atoms with van der Waals surface area (Å²) < 4.78 is 23.7. The summed E-state index contributed by atoms with van der Waals surface area (Å²) in [7, 11) is 5.78. The van der Waals surface area contributed by atoms with Gasteiger partial charge in [-0.3, -0.25) is 0 Å². The number of likely N-dealkylation sites (N-methyl/N-ethyl adjacent to an activating group) is 1. The van der Waals surface area contributed by atoms with Crippen LogP contribution in [0.1, 0.15) is 11.1 Å². The first-order valence-electron chi connectivity index (χ1n) is 9.30. The first kappa shape index (κ1) is 26.7. The van der Waals surface area contributed by atoms with Gasteiger partial charge < -0.3 is 29.2 Å². The minimum Gasteiger partial charge on any atom is -0.493 e. The number of nitrogens with zero attached hydrogens (tertiary/aromatic N) is 1. The number of fused-ring (bicyclic) bond motifs is 1. The molecule has 0 radical (unpaired) electrons. The smallest absolute Gasteiger partial charge is 0.175 e. The Hall–Kier alpha value is -1.38. The number of benzene rings is 2. The van der Waals surface area contributed by atoms with Gasteiger partial charge in [-0.15, -0.1) is 24.8 Å². The molecule has 30 heavy (non-hydrogen) atoms. The second kappa shape index (κ2) is 13.1. The molecule has 0 saturated heterocycles. The number of nitrogens with one attached hydrogen (secondary N) is 1. The van der Waals surface area contributed by atoms with Crippen LogP contribution in [-0.4, -0.2) is 52.4 Å². The maximum absolute atomic E-state index is 6.05. The number of methoxy groups -OCH3 is 1. The molecule has 1 heterocycles. The summed E-state index contributed by atoms with van der Waals surface area (Å²) in [4.78, 5) is 2.15. The maximum Gasteiger partial charge on any atom is 0.175 e. The van der Waals surface area contributed by atoms with Gasteiger partial charge >= 0.3 is 0 Å². The summed E-state index contributed by atoms with van der Waals surface area (Å²) >= 11 is 3.62. The van der Waals surface area contributed by atoms with Crippen LogP contribution in [0.25, 0.3) is 0 Å². The molecule has 0 spiro atoms. The zero-order valence-corrected chi connectivity index (χ0v) is 20.6. The Morgan fingerprint density at radius 1 is 1.03 bits per heavy atom. The molecule has 0 fully saturated rings. The molecule has 1 N–H and O–H groups in total. The molecule has 1 aliphatic rings. The Morgan fingerprint density at radius 3 is 2.47 bits per heavy atom. The molecule has 168 valence electrons. The monoisotopic (exact) mass is 522 g/mol. The van der Waals surface area contributed by atoms with Gasteiger partial charge in [0.15, 0.2) is 23.0 Å². The van der Waals surface area contributed by atoms with E-state index in [4.69, 9.17) is 18.9 Å². The Kier molecular flexibility index (Phi) is 11.7. The molecule has 0 aliphatic carbocycles. The first-order chi connectivity index (χ1) is 13.6. The quantitative estimate of drug-likeness (QED) is 0.494. The second-order valence-corrected chi connectivity index (χ2v) is 7.71. The van der Waals surface area contributed by atoms with Gasteiger partial charge in [-0.05, 0) is 65.4 Å². The highest BCUT2D eigenvalue weighted by Crippen LogP contribution is 2.38. The summed E-state index contributed by atoms with van der Waals surface area (Å²) in [6.07, 6.45) is 0. The topological polar surface area (TPSA) is 52.2 Å². The Bertz CT molecular complexity index is 809. The first-order valence-corrected chi connectivity index (χ1v) is 10.1. The lowest BCUT2D eigenvalue weighted by molar-refractivity contribution is 0.171. The standard InChI is InChI=1S/C21H27BrN2O4.2ClH/c1-24(2)7-6-23-13-16-10-17(22)21(20(12-16)25-3)28-14-15-4-5-18-19(11-15)27-9-8-26-18;;/h4-5,10-12,23H,6-9,13-14H2,1-3H3;2*1H. The molecule has 2 aromatic rings. The number of rotatable bonds is 9. The molecule has 3 rings (SSSR count). The zero-order valence-electron chi connectivity index (χ0n) is 17.4. The van der Waals surface area contributed by atoms with E-state index in [2.05, 4.69) is 46.3 Å². The fraction of sp³-hybridized carbons (Fsp3) is 0.429. The number of hydrogen-bond acceptors (Lipinski definition) is 6. The fourth-order valence-electron chi connectivity index (χ4n) is 2.88. The lowest BCUT2D eigenvalue weighted by atomic mass is 10.2. The van der Waals surface area contributed by atoms with E-state index in [1.807, 2.05) is 24.3 Å². The van der Waals surface area contributed by atoms with Crippen LogP contribution < -0.4 is 24.3 Å².